The molecule has 0 saturated heterocycles. The predicted molar refractivity (Wildman–Crippen MR) is 68.1 cm³/mol. The molecule has 0 aliphatic heterocycles. The van der Waals surface area contributed by atoms with Crippen LogP contribution >= 0.6 is 0 Å². The van der Waals surface area contributed by atoms with Gasteiger partial charge in [0.25, 0.3) is 0 Å². The van der Waals surface area contributed by atoms with Crippen LogP contribution in [-0.2, 0) is 0 Å². The minimum absolute atomic E-state index is 0.548. The van der Waals surface area contributed by atoms with Crippen molar-refractivity contribution in [2.24, 2.45) is 0 Å². The Morgan fingerprint density at radius 3 is 2.25 bits per heavy atom. The second kappa shape index (κ2) is 3.93. The molecule has 0 saturated carbocycles. The van der Waals surface area contributed by atoms with Gasteiger partial charge in [0.05, 0.1) is 11.7 Å². The Balaban J connectivity index is 2.73. The zero-order valence-electron chi connectivity index (χ0n) is 10.8. The van der Waals surface area contributed by atoms with Crippen molar-refractivity contribution in [3.05, 3.63) is 35.2 Å². The zero-order valence-corrected chi connectivity index (χ0v) is 10.8. The van der Waals surface area contributed by atoms with Gasteiger partial charge in [0.1, 0.15) is 0 Å². The van der Waals surface area contributed by atoms with E-state index in [9.17, 15) is 0 Å². The average Bonchev–Trinajstić information content (AvgIpc) is 2.58. The first kappa shape index (κ1) is 11.2. The smallest absolute Gasteiger partial charge is 0.0693 e. The number of aryl methyl sites for hydroxylation is 1. The maximum atomic E-state index is 4.38. The summed E-state index contributed by atoms with van der Waals surface area (Å²) in [6.45, 7) is 11.1. The number of nitrogens with zero attached hydrogens (tertiary/aromatic N) is 2. The van der Waals surface area contributed by atoms with Gasteiger partial charge in [-0.05, 0) is 41.5 Å². The van der Waals surface area contributed by atoms with Crippen LogP contribution in [0.2, 0.25) is 0 Å². The number of aromatic nitrogens is 2. The van der Waals surface area contributed by atoms with Crippen LogP contribution in [-0.4, -0.2) is 9.61 Å². The van der Waals surface area contributed by atoms with Crippen LogP contribution in [0, 0.1) is 6.92 Å². The molecule has 0 unspecified atom stereocenters. The van der Waals surface area contributed by atoms with E-state index in [1.54, 1.807) is 0 Å². The lowest BCUT2D eigenvalue weighted by molar-refractivity contribution is 0.771. The lowest BCUT2D eigenvalue weighted by Crippen LogP contribution is -2.02. The summed E-state index contributed by atoms with van der Waals surface area (Å²) in [7, 11) is 0. The highest BCUT2D eigenvalue weighted by atomic mass is 15.2. The lowest BCUT2D eigenvalue weighted by Gasteiger charge is -2.16. The Kier molecular flexibility index (Phi) is 2.75. The lowest BCUT2D eigenvalue weighted by atomic mass is 9.92. The first-order chi connectivity index (χ1) is 7.50. The largest absolute Gasteiger partial charge is 0.240 e. The van der Waals surface area contributed by atoms with E-state index in [0.29, 0.717) is 11.8 Å². The molecule has 0 bridgehead atoms. The Morgan fingerprint density at radius 2 is 1.69 bits per heavy atom. The van der Waals surface area contributed by atoms with E-state index in [0.717, 1.165) is 0 Å². The third-order valence-corrected chi connectivity index (χ3v) is 3.16. The van der Waals surface area contributed by atoms with Crippen LogP contribution in [0.25, 0.3) is 5.52 Å². The van der Waals surface area contributed by atoms with Crippen LogP contribution in [0.5, 0.6) is 0 Å². The molecule has 16 heavy (non-hydrogen) atoms. The second-order valence-corrected chi connectivity index (χ2v) is 5.15. The van der Waals surface area contributed by atoms with Crippen molar-refractivity contribution < 1.29 is 0 Å². The van der Waals surface area contributed by atoms with Gasteiger partial charge in [-0.25, -0.2) is 4.52 Å². The molecule has 2 aromatic rings. The third kappa shape index (κ3) is 1.73. The molecule has 0 spiro atoms. The van der Waals surface area contributed by atoms with Crippen molar-refractivity contribution in [1.29, 1.82) is 0 Å². The van der Waals surface area contributed by atoms with E-state index in [1.807, 2.05) is 10.7 Å². The molecule has 2 heteroatoms. The standard InChI is InChI=1S/C14H20N2/c1-9(2)12-6-14-11(5)7-15-16(14)8-13(12)10(3)4/h6-10H,1-5H3. The number of fused-ring (bicyclic) bond motifs is 1. The highest BCUT2D eigenvalue weighted by molar-refractivity contribution is 5.56. The van der Waals surface area contributed by atoms with Crippen LogP contribution in [0.4, 0.5) is 0 Å². The molecule has 0 radical (unpaired) electrons. The molecule has 0 N–H and O–H groups in total. The van der Waals surface area contributed by atoms with E-state index in [4.69, 9.17) is 0 Å². The van der Waals surface area contributed by atoms with E-state index in [-0.39, 0.29) is 0 Å². The third-order valence-electron chi connectivity index (χ3n) is 3.16. The molecule has 0 aliphatic carbocycles. The summed E-state index contributed by atoms with van der Waals surface area (Å²) in [6.07, 6.45) is 4.12. The van der Waals surface area contributed by atoms with E-state index < -0.39 is 0 Å². The first-order valence-electron chi connectivity index (χ1n) is 5.98. The van der Waals surface area contributed by atoms with Crippen LogP contribution < -0.4 is 0 Å². The SMILES string of the molecule is Cc1cnn2cc(C(C)C)c(C(C)C)cc12. The maximum absolute atomic E-state index is 4.38. The average molecular weight is 216 g/mol. The fourth-order valence-electron chi connectivity index (χ4n) is 2.16. The molecular formula is C14H20N2. The zero-order chi connectivity index (χ0) is 11.9. The van der Waals surface area contributed by atoms with Crippen LogP contribution in [0.1, 0.15) is 56.2 Å². The molecule has 0 aliphatic rings. The maximum Gasteiger partial charge on any atom is 0.0693 e. The Morgan fingerprint density at radius 1 is 1.06 bits per heavy atom. The van der Waals surface area contributed by atoms with Crippen molar-refractivity contribution in [3.63, 3.8) is 0 Å². The molecular weight excluding hydrogens is 196 g/mol. The summed E-state index contributed by atoms with van der Waals surface area (Å²) < 4.78 is 2.00. The summed E-state index contributed by atoms with van der Waals surface area (Å²) in [6, 6.07) is 2.29. The van der Waals surface area contributed by atoms with Crippen molar-refractivity contribution in [2.75, 3.05) is 0 Å². The molecule has 86 valence electrons. The van der Waals surface area contributed by atoms with Crippen LogP contribution in [0.3, 0.4) is 0 Å². The van der Waals surface area contributed by atoms with Gasteiger partial charge < -0.3 is 0 Å². The predicted octanol–water partition coefficient (Wildman–Crippen LogP) is 3.89. The second-order valence-electron chi connectivity index (χ2n) is 5.15. The van der Waals surface area contributed by atoms with E-state index >= 15 is 0 Å². The number of pyridine rings is 1. The van der Waals surface area contributed by atoms with Gasteiger partial charge in [-0.2, -0.15) is 5.10 Å². The molecule has 2 aromatic heterocycles. The van der Waals surface area contributed by atoms with Gasteiger partial charge in [-0.1, -0.05) is 27.7 Å². The minimum Gasteiger partial charge on any atom is -0.240 e. The van der Waals surface area contributed by atoms with Gasteiger partial charge in [-0.3, -0.25) is 0 Å². The fourth-order valence-corrected chi connectivity index (χ4v) is 2.16. The molecule has 0 fully saturated rings. The molecule has 2 heterocycles. The van der Waals surface area contributed by atoms with Gasteiger partial charge in [0.2, 0.25) is 0 Å². The quantitative estimate of drug-likeness (QED) is 0.744. The molecule has 2 rings (SSSR count). The van der Waals surface area contributed by atoms with E-state index in [2.05, 4.69) is 52.0 Å². The normalized spacial score (nSPS) is 11.9. The van der Waals surface area contributed by atoms with Crippen molar-refractivity contribution in [1.82, 2.24) is 9.61 Å². The summed E-state index contributed by atoms with van der Waals surface area (Å²) in [5.74, 6) is 1.11. The Bertz CT molecular complexity index is 507. The van der Waals surface area contributed by atoms with Crippen LogP contribution in [0.15, 0.2) is 18.5 Å². The van der Waals surface area contributed by atoms with Gasteiger partial charge in [0, 0.05) is 6.20 Å². The molecule has 0 aromatic carbocycles. The highest BCUT2D eigenvalue weighted by Gasteiger charge is 2.12. The Hall–Kier alpha value is -1.31. The molecule has 0 atom stereocenters. The monoisotopic (exact) mass is 216 g/mol. The topological polar surface area (TPSA) is 17.3 Å². The fraction of sp³-hybridized carbons (Fsp3) is 0.500. The van der Waals surface area contributed by atoms with Crippen molar-refractivity contribution in [3.8, 4) is 0 Å². The van der Waals surface area contributed by atoms with Gasteiger partial charge in [0.15, 0.2) is 0 Å². The first-order valence-corrected chi connectivity index (χ1v) is 5.98. The summed E-state index contributed by atoms with van der Waals surface area (Å²) >= 11 is 0. The summed E-state index contributed by atoms with van der Waals surface area (Å²) in [5.41, 5.74) is 5.34. The molecule has 2 nitrogen and oxygen atoms in total. The van der Waals surface area contributed by atoms with E-state index in [1.165, 1.54) is 22.2 Å². The number of hydrogen-bond acceptors (Lipinski definition) is 1. The van der Waals surface area contributed by atoms with Gasteiger partial charge in [-0.15, -0.1) is 0 Å². The minimum atomic E-state index is 0.548. The number of rotatable bonds is 2. The van der Waals surface area contributed by atoms with Crippen molar-refractivity contribution in [2.45, 2.75) is 46.5 Å². The number of hydrogen-bond donors (Lipinski definition) is 0. The van der Waals surface area contributed by atoms with Gasteiger partial charge >= 0.3 is 0 Å². The molecule has 0 amide bonds. The van der Waals surface area contributed by atoms with Crippen molar-refractivity contribution >= 4 is 5.52 Å². The Labute approximate surface area is 97.3 Å². The highest BCUT2D eigenvalue weighted by Crippen LogP contribution is 2.28. The summed E-state index contributed by atoms with van der Waals surface area (Å²) in [4.78, 5) is 0. The summed E-state index contributed by atoms with van der Waals surface area (Å²) in [5, 5.41) is 4.38.